The summed E-state index contributed by atoms with van der Waals surface area (Å²) in [4.78, 5) is 10.5. The summed E-state index contributed by atoms with van der Waals surface area (Å²) >= 11 is 0. The highest BCUT2D eigenvalue weighted by atomic mass is 19.1. The Bertz CT molecular complexity index is 887. The van der Waals surface area contributed by atoms with E-state index in [9.17, 15) is 4.39 Å². The molecule has 0 saturated heterocycles. The molecule has 3 aromatic rings. The number of aryl methyl sites for hydroxylation is 2. The number of aromatic nitrogens is 4. The molecule has 0 radical (unpaired) electrons. The molecule has 1 aromatic carbocycles. The van der Waals surface area contributed by atoms with Gasteiger partial charge in [0.25, 0.3) is 0 Å². The molecule has 0 unspecified atom stereocenters. The monoisotopic (exact) mass is 340 g/mol. The molecule has 0 aliphatic heterocycles. The Labute approximate surface area is 146 Å². The van der Waals surface area contributed by atoms with Crippen molar-refractivity contribution in [2.75, 3.05) is 24.3 Å². The van der Waals surface area contributed by atoms with E-state index in [1.807, 2.05) is 40.1 Å². The zero-order valence-corrected chi connectivity index (χ0v) is 14.8. The zero-order chi connectivity index (χ0) is 18.0. The van der Waals surface area contributed by atoms with E-state index in [4.69, 9.17) is 0 Å². The second-order valence-corrected chi connectivity index (χ2v) is 6.14. The molecule has 1 N–H and O–H groups in total. The van der Waals surface area contributed by atoms with E-state index < -0.39 is 0 Å². The van der Waals surface area contributed by atoms with Crippen LogP contribution in [0.25, 0.3) is 5.82 Å². The molecule has 25 heavy (non-hydrogen) atoms. The highest BCUT2D eigenvalue weighted by Gasteiger charge is 2.08. The lowest BCUT2D eigenvalue weighted by molar-refractivity contribution is 0.624. The topological polar surface area (TPSA) is 58.9 Å². The summed E-state index contributed by atoms with van der Waals surface area (Å²) in [5.74, 6) is 1.01. The molecule has 0 spiro atoms. The van der Waals surface area contributed by atoms with Gasteiger partial charge in [0.1, 0.15) is 11.6 Å². The third-order valence-corrected chi connectivity index (χ3v) is 3.82. The van der Waals surface area contributed by atoms with Gasteiger partial charge in [0, 0.05) is 26.3 Å². The largest absolute Gasteiger partial charge is 0.375 e. The van der Waals surface area contributed by atoms with Crippen LogP contribution in [0.3, 0.4) is 0 Å². The quantitative estimate of drug-likeness (QED) is 0.773. The van der Waals surface area contributed by atoms with Crippen molar-refractivity contribution in [3.8, 4) is 5.82 Å². The predicted molar refractivity (Wildman–Crippen MR) is 96.7 cm³/mol. The SMILES string of the molecule is Cc1cc(C)n(-c2cncc(NCc3ccc(N(C)C)c(F)c3)n2)n1. The summed E-state index contributed by atoms with van der Waals surface area (Å²) in [5, 5.41) is 7.59. The summed E-state index contributed by atoms with van der Waals surface area (Å²) in [6.45, 7) is 4.36. The van der Waals surface area contributed by atoms with Crippen LogP contribution >= 0.6 is 0 Å². The van der Waals surface area contributed by atoms with Crippen molar-refractivity contribution in [3.63, 3.8) is 0 Å². The number of halogens is 1. The maximum atomic E-state index is 14.0. The van der Waals surface area contributed by atoms with Crippen molar-refractivity contribution in [2.24, 2.45) is 0 Å². The van der Waals surface area contributed by atoms with Crippen LogP contribution in [0.2, 0.25) is 0 Å². The van der Waals surface area contributed by atoms with E-state index >= 15 is 0 Å². The second kappa shape index (κ2) is 6.88. The second-order valence-electron chi connectivity index (χ2n) is 6.14. The van der Waals surface area contributed by atoms with E-state index in [-0.39, 0.29) is 5.82 Å². The van der Waals surface area contributed by atoms with Gasteiger partial charge >= 0.3 is 0 Å². The molecular formula is C18H21FN6. The maximum Gasteiger partial charge on any atom is 0.174 e. The Morgan fingerprint density at radius 2 is 1.96 bits per heavy atom. The van der Waals surface area contributed by atoms with E-state index in [0.29, 0.717) is 23.9 Å². The summed E-state index contributed by atoms with van der Waals surface area (Å²) in [6.07, 6.45) is 3.30. The van der Waals surface area contributed by atoms with Gasteiger partial charge in [0.05, 0.1) is 23.8 Å². The van der Waals surface area contributed by atoms with E-state index in [0.717, 1.165) is 17.0 Å². The van der Waals surface area contributed by atoms with E-state index in [1.165, 1.54) is 6.07 Å². The lowest BCUT2D eigenvalue weighted by atomic mass is 10.2. The molecule has 0 aliphatic carbocycles. The molecule has 0 atom stereocenters. The fraction of sp³-hybridized carbons (Fsp3) is 0.278. The van der Waals surface area contributed by atoms with E-state index in [1.54, 1.807) is 28.0 Å². The first kappa shape index (κ1) is 16.9. The zero-order valence-electron chi connectivity index (χ0n) is 14.8. The number of rotatable bonds is 5. The van der Waals surface area contributed by atoms with Gasteiger partial charge in [0.2, 0.25) is 0 Å². The average molecular weight is 340 g/mol. The summed E-state index contributed by atoms with van der Waals surface area (Å²) in [7, 11) is 3.63. The van der Waals surface area contributed by atoms with Crippen molar-refractivity contribution in [3.05, 3.63) is 59.4 Å². The number of nitrogens with zero attached hydrogens (tertiary/aromatic N) is 5. The van der Waals surface area contributed by atoms with Crippen LogP contribution in [-0.4, -0.2) is 33.8 Å². The molecule has 130 valence electrons. The third-order valence-electron chi connectivity index (χ3n) is 3.82. The van der Waals surface area contributed by atoms with Gasteiger partial charge in [-0.05, 0) is 37.6 Å². The normalized spacial score (nSPS) is 10.8. The van der Waals surface area contributed by atoms with Gasteiger partial charge in [0.15, 0.2) is 5.82 Å². The molecule has 0 fully saturated rings. The first-order valence-electron chi connectivity index (χ1n) is 7.99. The molecule has 0 amide bonds. The third kappa shape index (κ3) is 3.76. The molecule has 2 aromatic heterocycles. The Kier molecular flexibility index (Phi) is 4.65. The van der Waals surface area contributed by atoms with Crippen LogP contribution in [0.4, 0.5) is 15.9 Å². The first-order valence-corrected chi connectivity index (χ1v) is 7.99. The molecule has 0 aliphatic rings. The van der Waals surface area contributed by atoms with Gasteiger partial charge in [-0.1, -0.05) is 6.07 Å². The average Bonchev–Trinajstić information content (AvgIpc) is 2.91. The Hall–Kier alpha value is -2.96. The van der Waals surface area contributed by atoms with Crippen LogP contribution in [0.1, 0.15) is 17.0 Å². The molecule has 6 nitrogen and oxygen atoms in total. The van der Waals surface area contributed by atoms with Crippen molar-refractivity contribution in [1.82, 2.24) is 19.7 Å². The molecule has 3 rings (SSSR count). The molecule has 7 heteroatoms. The fourth-order valence-corrected chi connectivity index (χ4v) is 2.62. The highest BCUT2D eigenvalue weighted by molar-refractivity contribution is 5.48. The number of hydrogen-bond donors (Lipinski definition) is 1. The van der Waals surface area contributed by atoms with Gasteiger partial charge in [-0.25, -0.2) is 14.1 Å². The van der Waals surface area contributed by atoms with Crippen LogP contribution in [0, 0.1) is 19.7 Å². The van der Waals surface area contributed by atoms with Gasteiger partial charge in [-0.2, -0.15) is 5.10 Å². The van der Waals surface area contributed by atoms with Gasteiger partial charge in [-0.3, -0.25) is 4.98 Å². The molecule has 2 heterocycles. The summed E-state index contributed by atoms with van der Waals surface area (Å²) in [6, 6.07) is 7.17. The van der Waals surface area contributed by atoms with Crippen LogP contribution in [-0.2, 0) is 6.54 Å². The van der Waals surface area contributed by atoms with Crippen LogP contribution in [0.5, 0.6) is 0 Å². The smallest absolute Gasteiger partial charge is 0.174 e. The fourth-order valence-electron chi connectivity index (χ4n) is 2.62. The minimum absolute atomic E-state index is 0.244. The first-order chi connectivity index (χ1) is 11.9. The Morgan fingerprint density at radius 3 is 2.60 bits per heavy atom. The van der Waals surface area contributed by atoms with Crippen molar-refractivity contribution in [1.29, 1.82) is 0 Å². The van der Waals surface area contributed by atoms with Crippen molar-refractivity contribution >= 4 is 11.5 Å². The van der Waals surface area contributed by atoms with E-state index in [2.05, 4.69) is 20.4 Å². The Morgan fingerprint density at radius 1 is 1.16 bits per heavy atom. The minimum Gasteiger partial charge on any atom is -0.375 e. The standard InChI is InChI=1S/C18H21FN6/c1-12-7-13(2)25(23-12)18-11-20-10-17(22-18)21-9-14-5-6-16(24(3)4)15(19)8-14/h5-8,10-11H,9H2,1-4H3,(H,21,22). The van der Waals surface area contributed by atoms with Crippen LogP contribution < -0.4 is 10.2 Å². The lowest BCUT2D eigenvalue weighted by Crippen LogP contribution is -2.11. The summed E-state index contributed by atoms with van der Waals surface area (Å²) < 4.78 is 15.8. The van der Waals surface area contributed by atoms with Crippen LogP contribution in [0.15, 0.2) is 36.7 Å². The number of hydrogen-bond acceptors (Lipinski definition) is 5. The lowest BCUT2D eigenvalue weighted by Gasteiger charge is -2.14. The number of nitrogens with one attached hydrogen (secondary N) is 1. The minimum atomic E-state index is -0.244. The number of anilines is 2. The van der Waals surface area contributed by atoms with Gasteiger partial charge < -0.3 is 10.2 Å². The van der Waals surface area contributed by atoms with Crippen molar-refractivity contribution in [2.45, 2.75) is 20.4 Å². The highest BCUT2D eigenvalue weighted by Crippen LogP contribution is 2.19. The Balaban J connectivity index is 1.75. The maximum absolute atomic E-state index is 14.0. The molecular weight excluding hydrogens is 319 g/mol. The molecule has 0 saturated carbocycles. The van der Waals surface area contributed by atoms with Crippen molar-refractivity contribution < 1.29 is 4.39 Å². The predicted octanol–water partition coefficient (Wildman–Crippen LogP) is 3.10. The number of benzene rings is 1. The van der Waals surface area contributed by atoms with Gasteiger partial charge in [-0.15, -0.1) is 0 Å². The molecule has 0 bridgehead atoms. The summed E-state index contributed by atoms with van der Waals surface area (Å²) in [5.41, 5.74) is 3.32.